The molecule has 0 bridgehead atoms. The van der Waals surface area contributed by atoms with Crippen LogP contribution in [0.1, 0.15) is 5.56 Å². The Morgan fingerprint density at radius 3 is 2.79 bits per heavy atom. The minimum absolute atomic E-state index is 0.00449. The summed E-state index contributed by atoms with van der Waals surface area (Å²) < 4.78 is 7.21. The van der Waals surface area contributed by atoms with Crippen molar-refractivity contribution in [2.45, 2.75) is 6.61 Å². The number of hydrogen-bond donors (Lipinski definition) is 1. The van der Waals surface area contributed by atoms with Crippen molar-refractivity contribution in [1.82, 2.24) is 4.57 Å². The molecule has 2 aromatic rings. The van der Waals surface area contributed by atoms with Crippen LogP contribution in [0, 0.1) is 0 Å². The van der Waals surface area contributed by atoms with Crippen LogP contribution in [0.2, 0.25) is 0 Å². The third-order valence-electron chi connectivity index (χ3n) is 2.51. The van der Waals surface area contributed by atoms with Crippen LogP contribution in [0.25, 0.3) is 10.9 Å². The van der Waals surface area contributed by atoms with Gasteiger partial charge in [0.2, 0.25) is 0 Å². The minimum Gasteiger partial charge on any atom is -0.496 e. The van der Waals surface area contributed by atoms with Crippen LogP contribution >= 0.6 is 0 Å². The lowest BCUT2D eigenvalue weighted by Crippen LogP contribution is -1.93. The molecule has 0 spiro atoms. The molecule has 1 aromatic carbocycles. The van der Waals surface area contributed by atoms with Crippen molar-refractivity contribution < 1.29 is 9.84 Å². The Hall–Kier alpha value is -1.48. The van der Waals surface area contributed by atoms with Gasteiger partial charge in [0.05, 0.1) is 13.7 Å². The zero-order valence-electron chi connectivity index (χ0n) is 8.32. The molecular formula is C11H13NO2. The van der Waals surface area contributed by atoms with E-state index in [0.717, 1.165) is 22.2 Å². The van der Waals surface area contributed by atoms with Crippen LogP contribution in [-0.4, -0.2) is 16.8 Å². The Balaban J connectivity index is 2.77. The largest absolute Gasteiger partial charge is 0.496 e. The number of methoxy groups -OCH3 is 1. The summed E-state index contributed by atoms with van der Waals surface area (Å²) in [7, 11) is 3.60. The van der Waals surface area contributed by atoms with Gasteiger partial charge in [-0.3, -0.25) is 0 Å². The molecule has 2 rings (SSSR count). The number of nitrogens with zero attached hydrogens (tertiary/aromatic N) is 1. The van der Waals surface area contributed by atoms with E-state index in [4.69, 9.17) is 4.74 Å². The molecule has 0 atom stereocenters. The highest BCUT2D eigenvalue weighted by atomic mass is 16.5. The monoisotopic (exact) mass is 191 g/mol. The van der Waals surface area contributed by atoms with Gasteiger partial charge in [-0.15, -0.1) is 0 Å². The summed E-state index contributed by atoms with van der Waals surface area (Å²) in [6.45, 7) is 0.00449. The maximum atomic E-state index is 9.27. The van der Waals surface area contributed by atoms with Gasteiger partial charge in [-0.05, 0) is 18.2 Å². The van der Waals surface area contributed by atoms with Gasteiger partial charge in [0.25, 0.3) is 0 Å². The van der Waals surface area contributed by atoms with Crippen molar-refractivity contribution in [3.05, 3.63) is 30.0 Å². The second-order valence-electron chi connectivity index (χ2n) is 3.26. The van der Waals surface area contributed by atoms with Gasteiger partial charge < -0.3 is 14.4 Å². The number of ether oxygens (including phenoxy) is 1. The van der Waals surface area contributed by atoms with Gasteiger partial charge >= 0.3 is 0 Å². The van der Waals surface area contributed by atoms with Crippen LogP contribution in [0.15, 0.2) is 24.4 Å². The molecule has 0 aliphatic carbocycles. The second-order valence-corrected chi connectivity index (χ2v) is 3.26. The molecule has 0 amide bonds. The third-order valence-corrected chi connectivity index (χ3v) is 2.51. The SMILES string of the molecule is COc1ccc2c(ccn2C)c1CO. The smallest absolute Gasteiger partial charge is 0.125 e. The first-order valence-corrected chi connectivity index (χ1v) is 4.49. The van der Waals surface area contributed by atoms with E-state index in [1.54, 1.807) is 7.11 Å². The zero-order chi connectivity index (χ0) is 10.1. The van der Waals surface area contributed by atoms with Crippen molar-refractivity contribution in [1.29, 1.82) is 0 Å². The molecule has 0 fully saturated rings. The summed E-state index contributed by atoms with van der Waals surface area (Å²) in [5, 5.41) is 10.3. The van der Waals surface area contributed by atoms with Crippen molar-refractivity contribution in [2.75, 3.05) is 7.11 Å². The molecule has 0 radical (unpaired) electrons. The molecule has 1 heterocycles. The quantitative estimate of drug-likeness (QED) is 0.783. The molecule has 3 heteroatoms. The Bertz CT molecular complexity index is 460. The van der Waals surface area contributed by atoms with Crippen LogP contribution < -0.4 is 4.74 Å². The van der Waals surface area contributed by atoms with E-state index in [1.807, 2.05) is 36.0 Å². The fraction of sp³-hybridized carbons (Fsp3) is 0.273. The fourth-order valence-electron chi connectivity index (χ4n) is 1.75. The van der Waals surface area contributed by atoms with Gasteiger partial charge in [0, 0.05) is 29.7 Å². The summed E-state index contributed by atoms with van der Waals surface area (Å²) in [4.78, 5) is 0. The molecule has 3 nitrogen and oxygen atoms in total. The van der Waals surface area contributed by atoms with Crippen molar-refractivity contribution >= 4 is 10.9 Å². The highest BCUT2D eigenvalue weighted by Gasteiger charge is 2.08. The van der Waals surface area contributed by atoms with E-state index in [1.165, 1.54) is 0 Å². The number of aliphatic hydroxyl groups excluding tert-OH is 1. The Morgan fingerprint density at radius 2 is 2.14 bits per heavy atom. The fourth-order valence-corrected chi connectivity index (χ4v) is 1.75. The van der Waals surface area contributed by atoms with Gasteiger partial charge in [-0.1, -0.05) is 0 Å². The van der Waals surface area contributed by atoms with Crippen LogP contribution in [0.4, 0.5) is 0 Å². The van der Waals surface area contributed by atoms with E-state index in [0.29, 0.717) is 0 Å². The topological polar surface area (TPSA) is 34.4 Å². The standard InChI is InChI=1S/C11H13NO2/c1-12-6-5-8-9(7-13)11(14-2)4-3-10(8)12/h3-6,13H,7H2,1-2H3. The lowest BCUT2D eigenvalue weighted by molar-refractivity contribution is 0.275. The molecular weight excluding hydrogens is 178 g/mol. The second kappa shape index (κ2) is 3.35. The normalized spacial score (nSPS) is 10.8. The third kappa shape index (κ3) is 1.17. The molecule has 0 saturated carbocycles. The summed E-state index contributed by atoms with van der Waals surface area (Å²) >= 11 is 0. The minimum atomic E-state index is 0.00449. The number of fused-ring (bicyclic) bond motifs is 1. The van der Waals surface area contributed by atoms with Crippen LogP contribution in [0.5, 0.6) is 5.75 Å². The van der Waals surface area contributed by atoms with Crippen molar-refractivity contribution in [3.8, 4) is 5.75 Å². The van der Waals surface area contributed by atoms with Gasteiger partial charge in [0.15, 0.2) is 0 Å². The predicted octanol–water partition coefficient (Wildman–Crippen LogP) is 1.68. The molecule has 0 aliphatic rings. The molecule has 0 aliphatic heterocycles. The average Bonchev–Trinajstić information content (AvgIpc) is 2.59. The van der Waals surface area contributed by atoms with Gasteiger partial charge in [0.1, 0.15) is 5.75 Å². The van der Waals surface area contributed by atoms with E-state index >= 15 is 0 Å². The van der Waals surface area contributed by atoms with E-state index in [2.05, 4.69) is 0 Å². The summed E-state index contributed by atoms with van der Waals surface area (Å²) in [6.07, 6.45) is 1.98. The number of aromatic nitrogens is 1. The summed E-state index contributed by atoms with van der Waals surface area (Å²) in [5.41, 5.74) is 1.96. The maximum Gasteiger partial charge on any atom is 0.125 e. The predicted molar refractivity (Wildman–Crippen MR) is 55.4 cm³/mol. The summed E-state index contributed by atoms with van der Waals surface area (Å²) in [6, 6.07) is 5.87. The number of benzene rings is 1. The highest BCUT2D eigenvalue weighted by molar-refractivity contribution is 5.85. The number of aliphatic hydroxyl groups is 1. The first-order valence-electron chi connectivity index (χ1n) is 4.49. The molecule has 1 aromatic heterocycles. The van der Waals surface area contributed by atoms with Gasteiger partial charge in [-0.2, -0.15) is 0 Å². The number of aryl methyl sites for hydroxylation is 1. The molecule has 74 valence electrons. The zero-order valence-corrected chi connectivity index (χ0v) is 8.32. The maximum absolute atomic E-state index is 9.27. The highest BCUT2D eigenvalue weighted by Crippen LogP contribution is 2.28. The van der Waals surface area contributed by atoms with E-state index < -0.39 is 0 Å². The van der Waals surface area contributed by atoms with E-state index in [9.17, 15) is 5.11 Å². The van der Waals surface area contributed by atoms with Gasteiger partial charge in [-0.25, -0.2) is 0 Å². The van der Waals surface area contributed by atoms with Crippen molar-refractivity contribution in [3.63, 3.8) is 0 Å². The molecule has 14 heavy (non-hydrogen) atoms. The lowest BCUT2D eigenvalue weighted by Gasteiger charge is -2.07. The summed E-state index contributed by atoms with van der Waals surface area (Å²) in [5.74, 6) is 0.742. The average molecular weight is 191 g/mol. The lowest BCUT2D eigenvalue weighted by atomic mass is 10.1. The first kappa shape index (κ1) is 9.09. The number of rotatable bonds is 2. The number of hydrogen-bond acceptors (Lipinski definition) is 2. The van der Waals surface area contributed by atoms with Crippen LogP contribution in [-0.2, 0) is 13.7 Å². The van der Waals surface area contributed by atoms with Crippen molar-refractivity contribution in [2.24, 2.45) is 7.05 Å². The molecule has 0 unspecified atom stereocenters. The Labute approximate surface area is 82.5 Å². The van der Waals surface area contributed by atoms with E-state index in [-0.39, 0.29) is 6.61 Å². The Kier molecular flexibility index (Phi) is 2.17. The molecule has 1 N–H and O–H groups in total. The Morgan fingerprint density at radius 1 is 1.36 bits per heavy atom. The van der Waals surface area contributed by atoms with Crippen LogP contribution in [0.3, 0.4) is 0 Å². The molecule has 0 saturated heterocycles. The first-order chi connectivity index (χ1) is 6.77.